The summed E-state index contributed by atoms with van der Waals surface area (Å²) < 4.78 is 6.39. The van der Waals surface area contributed by atoms with Crippen molar-refractivity contribution in [2.75, 3.05) is 31.5 Å². The van der Waals surface area contributed by atoms with Gasteiger partial charge in [0.05, 0.1) is 29.0 Å². The van der Waals surface area contributed by atoms with Gasteiger partial charge in [0.1, 0.15) is 23.3 Å². The third kappa shape index (κ3) is 9.03. The number of nitrogens with zero attached hydrogens (tertiary/aromatic N) is 5. The van der Waals surface area contributed by atoms with Crippen molar-refractivity contribution in [1.29, 1.82) is 5.26 Å². The maximum atomic E-state index is 11.6. The summed E-state index contributed by atoms with van der Waals surface area (Å²) in [7, 11) is 0. The van der Waals surface area contributed by atoms with Crippen LogP contribution in [0.4, 0.5) is 11.4 Å². The molecule has 0 bridgehead atoms. The van der Waals surface area contributed by atoms with Crippen LogP contribution in [0, 0.1) is 38.0 Å². The first-order valence-corrected chi connectivity index (χ1v) is 18.9. The second-order valence-electron chi connectivity index (χ2n) is 14.7. The molecule has 2 atom stereocenters. The molecule has 2 fully saturated rings. The lowest BCUT2D eigenvalue weighted by Gasteiger charge is -2.30. The Morgan fingerprint density at radius 1 is 1.02 bits per heavy atom. The quantitative estimate of drug-likeness (QED) is 0.0916. The van der Waals surface area contributed by atoms with Gasteiger partial charge in [0.2, 0.25) is 0 Å². The average Bonchev–Trinajstić information content (AvgIpc) is 3.57. The van der Waals surface area contributed by atoms with Crippen molar-refractivity contribution < 1.29 is 19.7 Å². The SMILES string of the molecule is C=C(Oc1c(C)cc(CN2CCCC(C(=O)O)C2)cc1C#N)c1cccc(-c2cccc(NC(=C)c3ncc(CN4CC[C@@H](O)C4)cc3N=CC)c2C)c1C. The molecule has 3 heterocycles. The van der Waals surface area contributed by atoms with E-state index in [0.717, 1.165) is 81.8 Å². The van der Waals surface area contributed by atoms with Crippen LogP contribution in [0.25, 0.3) is 22.6 Å². The summed E-state index contributed by atoms with van der Waals surface area (Å²) in [5, 5.41) is 33.1. The molecule has 0 spiro atoms. The number of aryl methyl sites for hydroxylation is 1. The van der Waals surface area contributed by atoms with Crippen LogP contribution in [-0.2, 0) is 17.9 Å². The number of aliphatic imine (C=N–C) groups is 1. The lowest BCUT2D eigenvalue weighted by molar-refractivity contribution is -0.143. The number of benzene rings is 3. The minimum absolute atomic E-state index is 0.277. The fourth-order valence-electron chi connectivity index (χ4n) is 7.78. The molecule has 10 nitrogen and oxygen atoms in total. The molecule has 0 aliphatic carbocycles. The number of aliphatic hydroxyl groups excluding tert-OH is 1. The minimum Gasteiger partial charge on any atom is -0.481 e. The molecule has 10 heteroatoms. The molecule has 284 valence electrons. The fourth-order valence-corrected chi connectivity index (χ4v) is 7.78. The standard InChI is InChI=1S/C45H50N6O4/c1-7-47-42-21-34(25-51-18-16-37(52)27-51)23-48-43(42)31(5)49-41-15-9-14-40(30(41)4)39-13-8-12-38(29(39)3)32(6)55-44-28(2)19-33(20-36(44)22-46)24-50-17-10-11-35(26-50)45(53)54/h7-9,12-15,19-21,23,35,37,49,52H,5-6,10-11,16-18,24-27H2,1-4H3,(H,53,54)/t35?,37-/m1/s1. The number of nitrogens with one attached hydrogen (secondary N) is 1. The second kappa shape index (κ2) is 17.2. The van der Waals surface area contributed by atoms with Crippen LogP contribution in [0.1, 0.15) is 70.8 Å². The number of anilines is 1. The van der Waals surface area contributed by atoms with Gasteiger partial charge in [-0.05, 0) is 111 Å². The van der Waals surface area contributed by atoms with E-state index in [1.165, 1.54) is 0 Å². The Hall–Kier alpha value is -5.60. The lowest BCUT2D eigenvalue weighted by atomic mass is 9.92. The largest absolute Gasteiger partial charge is 0.481 e. The zero-order valence-corrected chi connectivity index (χ0v) is 32.2. The van der Waals surface area contributed by atoms with Crippen molar-refractivity contribution in [2.24, 2.45) is 10.9 Å². The number of pyridine rings is 1. The van der Waals surface area contributed by atoms with Crippen LogP contribution in [0.5, 0.6) is 5.75 Å². The molecule has 1 aromatic heterocycles. The molecule has 4 aromatic rings. The highest BCUT2D eigenvalue weighted by molar-refractivity contribution is 5.85. The Labute approximate surface area is 324 Å². The number of aliphatic hydroxyl groups is 1. The van der Waals surface area contributed by atoms with Crippen LogP contribution in [0.2, 0.25) is 0 Å². The number of piperidine rings is 1. The van der Waals surface area contributed by atoms with Crippen LogP contribution in [0.3, 0.4) is 0 Å². The Morgan fingerprint density at radius 3 is 2.45 bits per heavy atom. The van der Waals surface area contributed by atoms with E-state index in [-0.39, 0.29) is 12.0 Å². The van der Waals surface area contributed by atoms with Gasteiger partial charge < -0.3 is 20.3 Å². The molecule has 3 N–H and O–H groups in total. The number of hydrogen-bond acceptors (Lipinski definition) is 9. The second-order valence-corrected chi connectivity index (χ2v) is 14.7. The number of likely N-dealkylation sites (tertiary alicyclic amines) is 2. The highest BCUT2D eigenvalue weighted by Crippen LogP contribution is 2.37. The molecular formula is C45H50N6O4. The molecule has 0 radical (unpaired) electrons. The maximum absolute atomic E-state index is 11.6. The average molecular weight is 739 g/mol. The third-order valence-corrected chi connectivity index (χ3v) is 10.6. The summed E-state index contributed by atoms with van der Waals surface area (Å²) in [6.07, 6.45) is 5.65. The fraction of sp³-hybridized carbons (Fsp3) is 0.333. The van der Waals surface area contributed by atoms with E-state index in [9.17, 15) is 20.3 Å². The van der Waals surface area contributed by atoms with Crippen molar-refractivity contribution in [3.63, 3.8) is 0 Å². The van der Waals surface area contributed by atoms with Crippen molar-refractivity contribution >= 4 is 35.0 Å². The van der Waals surface area contributed by atoms with Crippen molar-refractivity contribution in [1.82, 2.24) is 14.8 Å². The molecule has 0 saturated carbocycles. The number of hydrogen-bond donors (Lipinski definition) is 3. The number of aliphatic carboxylic acids is 1. The van der Waals surface area contributed by atoms with Crippen molar-refractivity contribution in [3.8, 4) is 22.9 Å². The van der Waals surface area contributed by atoms with Gasteiger partial charge in [-0.1, -0.05) is 49.6 Å². The predicted molar refractivity (Wildman–Crippen MR) is 219 cm³/mol. The Balaban J connectivity index is 1.19. The van der Waals surface area contributed by atoms with E-state index in [1.54, 1.807) is 6.21 Å². The summed E-state index contributed by atoms with van der Waals surface area (Å²) in [6.45, 7) is 20.7. The number of rotatable bonds is 13. The molecule has 6 rings (SSSR count). The van der Waals surface area contributed by atoms with Gasteiger partial charge in [-0.15, -0.1) is 0 Å². The molecule has 0 amide bonds. The van der Waals surface area contributed by atoms with E-state index < -0.39 is 5.97 Å². The number of nitriles is 1. The summed E-state index contributed by atoms with van der Waals surface area (Å²) in [5.41, 5.74) is 11.0. The smallest absolute Gasteiger partial charge is 0.307 e. The van der Waals surface area contributed by atoms with Crippen LogP contribution >= 0.6 is 0 Å². The van der Waals surface area contributed by atoms with E-state index in [2.05, 4.69) is 58.4 Å². The first-order valence-electron chi connectivity index (χ1n) is 18.9. The summed E-state index contributed by atoms with van der Waals surface area (Å²) >= 11 is 0. The molecular weight excluding hydrogens is 689 g/mol. The van der Waals surface area contributed by atoms with Crippen molar-refractivity contribution in [3.05, 3.63) is 119 Å². The number of ether oxygens (including phenoxy) is 1. The number of aromatic nitrogens is 1. The normalized spacial score (nSPS) is 17.6. The van der Waals surface area contributed by atoms with Gasteiger partial charge in [-0.3, -0.25) is 24.6 Å². The van der Waals surface area contributed by atoms with E-state index in [1.807, 2.05) is 69.4 Å². The van der Waals surface area contributed by atoms with Crippen LogP contribution < -0.4 is 10.1 Å². The predicted octanol–water partition coefficient (Wildman–Crippen LogP) is 8.26. The zero-order chi connectivity index (χ0) is 39.2. The zero-order valence-electron chi connectivity index (χ0n) is 32.2. The molecule has 2 aliphatic rings. The summed E-state index contributed by atoms with van der Waals surface area (Å²) in [5.74, 6) is -0.221. The highest BCUT2D eigenvalue weighted by Gasteiger charge is 2.26. The molecule has 55 heavy (non-hydrogen) atoms. The van der Waals surface area contributed by atoms with Gasteiger partial charge in [-0.25, -0.2) is 0 Å². The summed E-state index contributed by atoms with van der Waals surface area (Å²) in [4.78, 5) is 25.3. The Bertz CT molecular complexity index is 2190. The van der Waals surface area contributed by atoms with Gasteiger partial charge in [0.25, 0.3) is 0 Å². The first-order chi connectivity index (χ1) is 26.4. The molecule has 2 aliphatic heterocycles. The van der Waals surface area contributed by atoms with E-state index >= 15 is 0 Å². The van der Waals surface area contributed by atoms with Crippen LogP contribution in [-0.4, -0.2) is 69.5 Å². The number of β-amino-alcohol motifs (C(OH)–C–C–N with tert-alkyl or cyclic N) is 1. The first kappa shape index (κ1) is 39.1. The van der Waals surface area contributed by atoms with Gasteiger partial charge >= 0.3 is 5.97 Å². The third-order valence-electron chi connectivity index (χ3n) is 10.6. The number of carboxylic acids is 1. The Kier molecular flexibility index (Phi) is 12.3. The van der Waals surface area contributed by atoms with E-state index in [0.29, 0.717) is 61.1 Å². The van der Waals surface area contributed by atoms with Crippen LogP contribution in [0.15, 0.2) is 78.9 Å². The lowest BCUT2D eigenvalue weighted by Crippen LogP contribution is -2.38. The molecule has 3 aromatic carbocycles. The van der Waals surface area contributed by atoms with Gasteiger partial charge in [0.15, 0.2) is 0 Å². The minimum atomic E-state index is -0.756. The summed E-state index contributed by atoms with van der Waals surface area (Å²) in [6, 6.07) is 20.3. The molecule has 2 saturated heterocycles. The molecule has 1 unspecified atom stereocenters. The monoisotopic (exact) mass is 738 g/mol. The Morgan fingerprint density at radius 2 is 1.75 bits per heavy atom. The number of carboxylic acid groups (broad SMARTS) is 1. The van der Waals surface area contributed by atoms with E-state index in [4.69, 9.17) is 9.72 Å². The topological polar surface area (TPSA) is 134 Å². The van der Waals surface area contributed by atoms with Gasteiger partial charge in [-0.2, -0.15) is 5.26 Å². The van der Waals surface area contributed by atoms with Gasteiger partial charge in [0, 0.05) is 56.4 Å². The highest BCUT2D eigenvalue weighted by atomic mass is 16.5. The number of carbonyl (C=O) groups is 1. The maximum Gasteiger partial charge on any atom is 0.307 e. The van der Waals surface area contributed by atoms with Crippen molar-refractivity contribution in [2.45, 2.75) is 66.2 Å².